The number of halogens is 1. The van der Waals surface area contributed by atoms with Crippen molar-refractivity contribution in [3.05, 3.63) is 89.6 Å². The molecule has 0 atom stereocenters. The number of anilines is 1. The zero-order valence-corrected chi connectivity index (χ0v) is 16.9. The summed E-state index contributed by atoms with van der Waals surface area (Å²) in [6, 6.07) is 13.7. The average molecular weight is 447 g/mol. The Hall–Kier alpha value is -4.73. The number of hydrogen-bond donors (Lipinski definition) is 2. The van der Waals surface area contributed by atoms with Crippen LogP contribution in [0.1, 0.15) is 16.1 Å². The van der Waals surface area contributed by atoms with Gasteiger partial charge in [0.1, 0.15) is 18.1 Å². The molecule has 1 aliphatic rings. The van der Waals surface area contributed by atoms with Gasteiger partial charge < -0.3 is 25.1 Å². The molecule has 0 bridgehead atoms. The predicted octanol–water partition coefficient (Wildman–Crippen LogP) is 1.51. The Labute approximate surface area is 186 Å². The quantitative estimate of drug-likeness (QED) is 0.438. The summed E-state index contributed by atoms with van der Waals surface area (Å²) in [7, 11) is 0. The van der Waals surface area contributed by atoms with Crippen molar-refractivity contribution < 1.29 is 28.7 Å². The molecule has 9 nitrogen and oxygen atoms in total. The summed E-state index contributed by atoms with van der Waals surface area (Å²) < 4.78 is 14.6. The number of benzene rings is 2. The molecular formula is C23H16FN4O5-. The van der Waals surface area contributed by atoms with Crippen LogP contribution in [0.4, 0.5) is 14.9 Å². The van der Waals surface area contributed by atoms with Crippen LogP contribution in [0, 0.1) is 5.82 Å². The molecule has 0 unspecified atom stereocenters. The van der Waals surface area contributed by atoms with Crippen molar-refractivity contribution in [2.24, 2.45) is 0 Å². The van der Waals surface area contributed by atoms with Gasteiger partial charge in [0.05, 0.1) is 5.97 Å². The maximum absolute atomic E-state index is 13.0. The van der Waals surface area contributed by atoms with E-state index in [4.69, 9.17) is 0 Å². The van der Waals surface area contributed by atoms with E-state index in [0.29, 0.717) is 17.1 Å². The predicted molar refractivity (Wildman–Crippen MR) is 113 cm³/mol. The molecule has 166 valence electrons. The average Bonchev–Trinajstić information content (AvgIpc) is 3.35. The summed E-state index contributed by atoms with van der Waals surface area (Å²) in [5.74, 6) is -3.12. The van der Waals surface area contributed by atoms with Crippen LogP contribution in [0.3, 0.4) is 0 Å². The molecule has 0 aliphatic carbocycles. The number of aromatic carboxylic acids is 1. The Morgan fingerprint density at radius 2 is 1.82 bits per heavy atom. The van der Waals surface area contributed by atoms with Gasteiger partial charge in [-0.3, -0.25) is 9.59 Å². The molecule has 4 rings (SSSR count). The van der Waals surface area contributed by atoms with Gasteiger partial charge in [-0.2, -0.15) is 0 Å². The fourth-order valence-corrected chi connectivity index (χ4v) is 3.27. The summed E-state index contributed by atoms with van der Waals surface area (Å²) in [5, 5.41) is 16.1. The van der Waals surface area contributed by atoms with E-state index in [1.807, 2.05) is 0 Å². The van der Waals surface area contributed by atoms with Crippen LogP contribution in [0.2, 0.25) is 0 Å². The molecule has 2 aromatic carbocycles. The number of rotatable bonds is 6. The van der Waals surface area contributed by atoms with Gasteiger partial charge in [-0.25, -0.2) is 14.1 Å². The lowest BCUT2D eigenvalue weighted by molar-refractivity contribution is -0.255. The molecule has 1 aliphatic heterocycles. The van der Waals surface area contributed by atoms with Crippen LogP contribution < -0.4 is 15.7 Å². The van der Waals surface area contributed by atoms with Gasteiger partial charge in [-0.05, 0) is 60.2 Å². The largest absolute Gasteiger partial charge is 0.545 e. The fraction of sp³-hybridized carbons (Fsp3) is 0.0435. The Balaban J connectivity index is 1.51. The lowest BCUT2D eigenvalue weighted by Crippen LogP contribution is -2.38. The number of nitrogens with one attached hydrogen (secondary N) is 2. The van der Waals surface area contributed by atoms with Crippen LogP contribution in [0.15, 0.2) is 72.6 Å². The number of amides is 4. The van der Waals surface area contributed by atoms with E-state index in [1.165, 1.54) is 42.5 Å². The second kappa shape index (κ2) is 8.79. The van der Waals surface area contributed by atoms with Crippen molar-refractivity contribution in [3.63, 3.8) is 0 Å². The number of carbonyl (C=O) groups is 4. The minimum atomic E-state index is -1.32. The molecule has 0 spiro atoms. The molecule has 3 aromatic rings. The summed E-state index contributed by atoms with van der Waals surface area (Å²) >= 11 is 0. The number of hydrogen-bond acceptors (Lipinski definition) is 5. The third kappa shape index (κ3) is 4.64. The second-order valence-corrected chi connectivity index (χ2v) is 7.08. The first kappa shape index (κ1) is 21.5. The van der Waals surface area contributed by atoms with Crippen molar-refractivity contribution in [2.75, 3.05) is 11.9 Å². The summed E-state index contributed by atoms with van der Waals surface area (Å²) in [4.78, 5) is 49.1. The van der Waals surface area contributed by atoms with Crippen molar-refractivity contribution in [2.45, 2.75) is 0 Å². The molecule has 10 heteroatoms. The molecule has 2 N–H and O–H groups in total. The van der Waals surface area contributed by atoms with Crippen LogP contribution >= 0.6 is 0 Å². The molecule has 1 fully saturated rings. The first-order valence-corrected chi connectivity index (χ1v) is 9.71. The van der Waals surface area contributed by atoms with E-state index in [9.17, 15) is 28.7 Å². The lowest BCUT2D eigenvalue weighted by Gasteiger charge is -2.12. The minimum absolute atomic E-state index is 0.0107. The Kier molecular flexibility index (Phi) is 5.73. The van der Waals surface area contributed by atoms with Gasteiger partial charge in [0.2, 0.25) is 5.91 Å². The Morgan fingerprint density at radius 3 is 2.55 bits per heavy atom. The lowest BCUT2D eigenvalue weighted by atomic mass is 10.2. The fourth-order valence-electron chi connectivity index (χ4n) is 3.27. The summed E-state index contributed by atoms with van der Waals surface area (Å²) in [6.07, 6.45) is 3.08. The molecule has 0 saturated carbocycles. The molecule has 4 amide bonds. The van der Waals surface area contributed by atoms with Gasteiger partial charge in [-0.15, -0.1) is 0 Å². The van der Waals surface area contributed by atoms with E-state index in [1.54, 1.807) is 35.0 Å². The van der Waals surface area contributed by atoms with Gasteiger partial charge in [0.15, 0.2) is 0 Å². The monoisotopic (exact) mass is 447 g/mol. The minimum Gasteiger partial charge on any atom is -0.545 e. The Morgan fingerprint density at radius 1 is 1.06 bits per heavy atom. The van der Waals surface area contributed by atoms with Crippen molar-refractivity contribution in [3.8, 4) is 5.69 Å². The normalized spacial score (nSPS) is 14.5. The number of nitrogens with zero attached hydrogens (tertiary/aromatic N) is 2. The first-order valence-electron chi connectivity index (χ1n) is 9.71. The molecule has 1 saturated heterocycles. The zero-order valence-electron chi connectivity index (χ0n) is 16.9. The van der Waals surface area contributed by atoms with E-state index in [-0.39, 0.29) is 11.3 Å². The maximum Gasteiger partial charge on any atom is 0.329 e. The SMILES string of the molecule is O=C(CN1C(=O)NC(=Cc2cccn2-c2cccc(C(=O)[O-])c2)C1=O)Nc1ccc(F)cc1. The van der Waals surface area contributed by atoms with Crippen molar-refractivity contribution in [1.29, 1.82) is 0 Å². The summed E-state index contributed by atoms with van der Waals surface area (Å²) in [5.41, 5.74) is 1.27. The number of carboxylic acids is 1. The summed E-state index contributed by atoms with van der Waals surface area (Å²) in [6.45, 7) is -0.534. The number of carbonyl (C=O) groups excluding carboxylic acids is 4. The highest BCUT2D eigenvalue weighted by Gasteiger charge is 2.35. The topological polar surface area (TPSA) is 124 Å². The van der Waals surface area contributed by atoms with E-state index < -0.39 is 36.2 Å². The van der Waals surface area contributed by atoms with Gasteiger partial charge >= 0.3 is 6.03 Å². The number of carboxylic acid groups (broad SMARTS) is 1. The van der Waals surface area contributed by atoms with E-state index >= 15 is 0 Å². The standard InChI is InChI=1S/C23H17FN4O5/c24-15-6-8-16(9-7-15)25-20(29)13-28-21(30)19(26-23(28)33)12-18-5-2-10-27(18)17-4-1-3-14(11-17)22(31)32/h1-12H,13H2,(H,25,29)(H,26,33)(H,31,32)/p-1. The molecule has 2 heterocycles. The molecular weight excluding hydrogens is 431 g/mol. The first-order chi connectivity index (χ1) is 15.8. The van der Waals surface area contributed by atoms with E-state index in [2.05, 4.69) is 10.6 Å². The molecule has 1 aromatic heterocycles. The van der Waals surface area contributed by atoms with E-state index in [0.717, 1.165) is 4.90 Å². The zero-order chi connectivity index (χ0) is 23.5. The Bertz CT molecular complexity index is 1300. The highest BCUT2D eigenvalue weighted by Crippen LogP contribution is 2.19. The van der Waals surface area contributed by atoms with Gasteiger partial charge in [-0.1, -0.05) is 12.1 Å². The van der Waals surface area contributed by atoms with Gasteiger partial charge in [0, 0.05) is 23.3 Å². The number of imide groups is 1. The van der Waals surface area contributed by atoms with Crippen LogP contribution in [-0.4, -0.2) is 39.8 Å². The second-order valence-electron chi connectivity index (χ2n) is 7.08. The van der Waals surface area contributed by atoms with Crippen LogP contribution in [-0.2, 0) is 9.59 Å². The third-order valence-corrected chi connectivity index (χ3v) is 4.82. The van der Waals surface area contributed by atoms with Crippen LogP contribution in [0.25, 0.3) is 11.8 Å². The maximum atomic E-state index is 13.0. The smallest absolute Gasteiger partial charge is 0.329 e. The van der Waals surface area contributed by atoms with Crippen molar-refractivity contribution >= 4 is 35.6 Å². The molecule has 0 radical (unpaired) electrons. The number of aromatic nitrogens is 1. The highest BCUT2D eigenvalue weighted by atomic mass is 19.1. The number of urea groups is 1. The third-order valence-electron chi connectivity index (χ3n) is 4.82. The van der Waals surface area contributed by atoms with Crippen molar-refractivity contribution in [1.82, 2.24) is 14.8 Å². The van der Waals surface area contributed by atoms with Gasteiger partial charge in [0.25, 0.3) is 5.91 Å². The molecule has 33 heavy (non-hydrogen) atoms. The van der Waals surface area contributed by atoms with Crippen LogP contribution in [0.5, 0.6) is 0 Å². The highest BCUT2D eigenvalue weighted by molar-refractivity contribution is 6.15.